The molecule has 0 saturated carbocycles. The van der Waals surface area contributed by atoms with E-state index in [2.05, 4.69) is 15.6 Å². The molecule has 1 aromatic heterocycles. The number of ether oxygens (including phenoxy) is 1. The number of hydrogen-bond acceptors (Lipinski definition) is 6. The molecule has 2 atom stereocenters. The minimum atomic E-state index is -1.19. The fourth-order valence-corrected chi connectivity index (χ4v) is 3.58. The van der Waals surface area contributed by atoms with Crippen LogP contribution in [0.4, 0.5) is 13.9 Å². The number of aromatic nitrogens is 1. The minimum Gasteiger partial charge on any atom is -0.451 e. The van der Waals surface area contributed by atoms with Crippen LogP contribution in [0.15, 0.2) is 47.8 Å². The van der Waals surface area contributed by atoms with Gasteiger partial charge in [0.05, 0.1) is 16.3 Å². The van der Waals surface area contributed by atoms with Crippen LogP contribution < -0.4 is 10.6 Å². The molecule has 0 bridgehead atoms. The Morgan fingerprint density at radius 2 is 1.82 bits per heavy atom. The van der Waals surface area contributed by atoms with Crippen molar-refractivity contribution < 1.29 is 27.9 Å². The van der Waals surface area contributed by atoms with E-state index in [1.54, 1.807) is 23.6 Å². The fourth-order valence-electron chi connectivity index (χ4n) is 2.63. The number of rotatable bonds is 7. The first-order chi connectivity index (χ1) is 15.7. The van der Waals surface area contributed by atoms with Crippen molar-refractivity contribution in [1.29, 1.82) is 0 Å². The highest BCUT2D eigenvalue weighted by Gasteiger charge is 2.24. The maximum Gasteiger partial charge on any atom is 0.329 e. The van der Waals surface area contributed by atoms with Crippen molar-refractivity contribution in [3.05, 3.63) is 70.1 Å². The Morgan fingerprint density at radius 3 is 2.52 bits per heavy atom. The summed E-state index contributed by atoms with van der Waals surface area (Å²) in [5.41, 5.74) is 0.883. The standard InChI is InChI=1S/C22H18ClF2N3O4S/c1-11(26-20(30)14-5-3-4-6-15(14)23)21(31)32-12(2)19(29)28-22-27-18(10-33-22)13-7-8-16(24)17(25)9-13/h3-12H,1-2H3,(H,26,30)(H,27,28,29). The van der Waals surface area contributed by atoms with Crippen molar-refractivity contribution in [3.63, 3.8) is 0 Å². The van der Waals surface area contributed by atoms with Crippen molar-refractivity contribution >= 4 is 45.9 Å². The fraction of sp³-hybridized carbons (Fsp3) is 0.182. The number of carbonyl (C=O) groups is 3. The van der Waals surface area contributed by atoms with Gasteiger partial charge in [-0.2, -0.15) is 0 Å². The van der Waals surface area contributed by atoms with Gasteiger partial charge in [-0.25, -0.2) is 18.6 Å². The largest absolute Gasteiger partial charge is 0.451 e. The van der Waals surface area contributed by atoms with Gasteiger partial charge in [-0.05, 0) is 44.2 Å². The maximum absolute atomic E-state index is 13.4. The first kappa shape index (κ1) is 24.3. The Balaban J connectivity index is 1.55. The Morgan fingerprint density at radius 1 is 1.09 bits per heavy atom. The number of anilines is 1. The van der Waals surface area contributed by atoms with Gasteiger partial charge in [-0.3, -0.25) is 14.9 Å². The van der Waals surface area contributed by atoms with Gasteiger partial charge in [0.2, 0.25) is 0 Å². The monoisotopic (exact) mass is 493 g/mol. The van der Waals surface area contributed by atoms with Crippen molar-refractivity contribution in [1.82, 2.24) is 10.3 Å². The van der Waals surface area contributed by atoms with Crippen molar-refractivity contribution in [2.45, 2.75) is 26.0 Å². The zero-order chi connectivity index (χ0) is 24.1. The van der Waals surface area contributed by atoms with Crippen LogP contribution in [0.2, 0.25) is 5.02 Å². The third-order valence-corrected chi connectivity index (χ3v) is 5.52. The van der Waals surface area contributed by atoms with Gasteiger partial charge in [0, 0.05) is 10.9 Å². The van der Waals surface area contributed by atoms with Crippen LogP contribution >= 0.6 is 22.9 Å². The van der Waals surface area contributed by atoms with E-state index in [0.717, 1.165) is 23.5 Å². The van der Waals surface area contributed by atoms with Gasteiger partial charge < -0.3 is 10.1 Å². The van der Waals surface area contributed by atoms with Gasteiger partial charge in [0.25, 0.3) is 11.8 Å². The molecule has 0 aliphatic rings. The molecule has 2 unspecified atom stereocenters. The summed E-state index contributed by atoms with van der Waals surface area (Å²) < 4.78 is 31.6. The molecule has 7 nitrogen and oxygen atoms in total. The molecule has 11 heteroatoms. The van der Waals surface area contributed by atoms with Gasteiger partial charge in [0.1, 0.15) is 6.04 Å². The van der Waals surface area contributed by atoms with Crippen LogP contribution in [0.5, 0.6) is 0 Å². The quantitative estimate of drug-likeness (QED) is 0.474. The van der Waals surface area contributed by atoms with E-state index in [1.807, 2.05) is 0 Å². The molecule has 2 N–H and O–H groups in total. The normalized spacial score (nSPS) is 12.5. The van der Waals surface area contributed by atoms with Crippen LogP contribution in [-0.4, -0.2) is 34.9 Å². The first-order valence-corrected chi connectivity index (χ1v) is 10.9. The molecular formula is C22H18ClF2N3O4S. The number of halogens is 3. The molecule has 1 heterocycles. The molecule has 0 fully saturated rings. The first-order valence-electron chi connectivity index (χ1n) is 9.63. The minimum absolute atomic E-state index is 0.183. The maximum atomic E-state index is 13.4. The van der Waals surface area contributed by atoms with Gasteiger partial charge in [-0.15, -0.1) is 11.3 Å². The summed E-state index contributed by atoms with van der Waals surface area (Å²) in [6.07, 6.45) is -1.19. The summed E-state index contributed by atoms with van der Waals surface area (Å²) in [5.74, 6) is -4.02. The summed E-state index contributed by atoms with van der Waals surface area (Å²) in [6.45, 7) is 2.77. The van der Waals surface area contributed by atoms with Gasteiger partial charge in [-0.1, -0.05) is 23.7 Å². The predicted octanol–water partition coefficient (Wildman–Crippen LogP) is 4.43. The average Bonchev–Trinajstić information content (AvgIpc) is 3.24. The molecule has 3 rings (SSSR count). The highest BCUT2D eigenvalue weighted by Crippen LogP contribution is 2.26. The van der Waals surface area contributed by atoms with Crippen LogP contribution in [0.25, 0.3) is 11.3 Å². The predicted molar refractivity (Wildman–Crippen MR) is 120 cm³/mol. The van der Waals surface area contributed by atoms with Crippen LogP contribution in [0.3, 0.4) is 0 Å². The topological polar surface area (TPSA) is 97.4 Å². The van der Waals surface area contributed by atoms with Crippen molar-refractivity contribution in [3.8, 4) is 11.3 Å². The third kappa shape index (κ3) is 6.11. The number of nitrogens with zero attached hydrogens (tertiary/aromatic N) is 1. The zero-order valence-corrected chi connectivity index (χ0v) is 19.0. The SMILES string of the molecule is CC(NC(=O)c1ccccc1Cl)C(=O)OC(C)C(=O)Nc1nc(-c2ccc(F)c(F)c2)cs1. The lowest BCUT2D eigenvalue weighted by Gasteiger charge is -2.17. The van der Waals surface area contributed by atoms with E-state index < -0.39 is 41.6 Å². The number of benzene rings is 2. The van der Waals surface area contributed by atoms with Crippen LogP contribution in [0.1, 0.15) is 24.2 Å². The summed E-state index contributed by atoms with van der Waals surface area (Å²) in [5, 5.41) is 6.93. The van der Waals surface area contributed by atoms with E-state index in [-0.39, 0.29) is 15.7 Å². The molecule has 0 aliphatic heterocycles. The number of esters is 1. The van der Waals surface area contributed by atoms with Crippen LogP contribution in [0, 0.1) is 11.6 Å². The summed E-state index contributed by atoms with van der Waals surface area (Å²) in [6, 6.07) is 8.66. The molecule has 3 aromatic rings. The van der Waals surface area contributed by atoms with Gasteiger partial charge in [0.15, 0.2) is 22.9 Å². The van der Waals surface area contributed by atoms with E-state index in [4.69, 9.17) is 16.3 Å². The lowest BCUT2D eigenvalue weighted by atomic mass is 10.2. The number of nitrogens with one attached hydrogen (secondary N) is 2. The summed E-state index contributed by atoms with van der Waals surface area (Å²) >= 11 is 7.03. The third-order valence-electron chi connectivity index (χ3n) is 4.43. The van der Waals surface area contributed by atoms with Crippen molar-refractivity contribution in [2.75, 3.05) is 5.32 Å². The molecule has 2 amide bonds. The molecule has 0 aliphatic carbocycles. The zero-order valence-electron chi connectivity index (χ0n) is 17.4. The Hall–Kier alpha value is -3.37. The molecule has 0 saturated heterocycles. The van der Waals surface area contributed by atoms with E-state index in [9.17, 15) is 23.2 Å². The lowest BCUT2D eigenvalue weighted by molar-refractivity contribution is -0.154. The summed E-state index contributed by atoms with van der Waals surface area (Å²) in [4.78, 5) is 41.1. The number of amides is 2. The number of carbonyl (C=O) groups excluding carboxylic acids is 3. The van der Waals surface area contributed by atoms with Crippen molar-refractivity contribution in [2.24, 2.45) is 0 Å². The number of hydrogen-bond donors (Lipinski definition) is 2. The van der Waals surface area contributed by atoms with E-state index in [1.165, 1.54) is 26.0 Å². The van der Waals surface area contributed by atoms with Crippen LogP contribution in [-0.2, 0) is 14.3 Å². The van der Waals surface area contributed by atoms with E-state index in [0.29, 0.717) is 11.3 Å². The second-order valence-corrected chi connectivity index (χ2v) is 8.18. The summed E-state index contributed by atoms with van der Waals surface area (Å²) in [7, 11) is 0. The highest BCUT2D eigenvalue weighted by atomic mass is 35.5. The van der Waals surface area contributed by atoms with Gasteiger partial charge >= 0.3 is 5.97 Å². The highest BCUT2D eigenvalue weighted by molar-refractivity contribution is 7.14. The average molecular weight is 494 g/mol. The Labute approximate surface area is 196 Å². The molecule has 172 valence electrons. The van der Waals surface area contributed by atoms with E-state index >= 15 is 0 Å². The second kappa shape index (κ2) is 10.5. The molecule has 0 spiro atoms. The Bertz CT molecular complexity index is 1200. The number of thiazole rings is 1. The second-order valence-electron chi connectivity index (χ2n) is 6.91. The molecule has 2 aromatic carbocycles. The Kier molecular flexibility index (Phi) is 7.72. The molecule has 0 radical (unpaired) electrons. The molecular weight excluding hydrogens is 476 g/mol. The lowest BCUT2D eigenvalue weighted by Crippen LogP contribution is -2.42. The smallest absolute Gasteiger partial charge is 0.329 e. The molecule has 33 heavy (non-hydrogen) atoms.